The summed E-state index contributed by atoms with van der Waals surface area (Å²) in [6.45, 7) is 5.45. The minimum Gasteiger partial charge on any atom is -0.462 e. The molecule has 0 heterocycles. The van der Waals surface area contributed by atoms with Gasteiger partial charge in [0.15, 0.2) is 5.57 Å². The highest BCUT2D eigenvalue weighted by molar-refractivity contribution is 6.14. The van der Waals surface area contributed by atoms with E-state index in [2.05, 4.69) is 5.32 Å². The third kappa shape index (κ3) is 6.48. The van der Waals surface area contributed by atoms with Crippen molar-refractivity contribution in [2.75, 3.05) is 18.5 Å². The maximum Gasteiger partial charge on any atom is 0.347 e. The average molecular weight is 411 g/mol. The van der Waals surface area contributed by atoms with Gasteiger partial charge in [0.2, 0.25) is 0 Å². The standard InChI is InChI=1S/C23H25NO6/c1-4-28-22(26)19(23(27)29-5-2)14-24-20-13-16(3)11-12-18(20)15-30-21(25)17-9-7-6-8-10-17/h6-14,24H,4-5,15H2,1-3H3. The van der Waals surface area contributed by atoms with Crippen LogP contribution in [0.1, 0.15) is 35.3 Å². The van der Waals surface area contributed by atoms with Crippen molar-refractivity contribution in [3.8, 4) is 0 Å². The van der Waals surface area contributed by atoms with Gasteiger partial charge in [0, 0.05) is 17.5 Å². The molecule has 0 saturated heterocycles. The van der Waals surface area contributed by atoms with Gasteiger partial charge in [0.1, 0.15) is 6.61 Å². The molecule has 1 N–H and O–H groups in total. The van der Waals surface area contributed by atoms with Crippen molar-refractivity contribution in [2.24, 2.45) is 0 Å². The third-order valence-corrected chi connectivity index (χ3v) is 4.00. The van der Waals surface area contributed by atoms with E-state index in [1.54, 1.807) is 44.2 Å². The zero-order valence-electron chi connectivity index (χ0n) is 17.3. The van der Waals surface area contributed by atoms with Gasteiger partial charge in [-0.1, -0.05) is 30.3 Å². The average Bonchev–Trinajstić information content (AvgIpc) is 2.74. The molecule has 0 spiro atoms. The van der Waals surface area contributed by atoms with Crippen LogP contribution in [-0.2, 0) is 30.4 Å². The molecule has 7 nitrogen and oxygen atoms in total. The Kier molecular flexibility index (Phi) is 8.62. The molecule has 0 aliphatic carbocycles. The monoisotopic (exact) mass is 411 g/mol. The van der Waals surface area contributed by atoms with E-state index in [1.807, 2.05) is 25.1 Å². The molecule has 0 bridgehead atoms. The maximum atomic E-state index is 12.2. The number of anilines is 1. The Balaban J connectivity index is 2.20. The minimum absolute atomic E-state index is 0.0122. The molecule has 2 aromatic rings. The summed E-state index contributed by atoms with van der Waals surface area (Å²) in [5, 5.41) is 2.94. The zero-order valence-corrected chi connectivity index (χ0v) is 17.3. The lowest BCUT2D eigenvalue weighted by molar-refractivity contribution is -0.146. The van der Waals surface area contributed by atoms with Gasteiger partial charge >= 0.3 is 17.9 Å². The van der Waals surface area contributed by atoms with Crippen molar-refractivity contribution < 1.29 is 28.6 Å². The van der Waals surface area contributed by atoms with Crippen molar-refractivity contribution in [1.29, 1.82) is 0 Å². The molecule has 0 atom stereocenters. The van der Waals surface area contributed by atoms with E-state index in [-0.39, 0.29) is 25.4 Å². The molecule has 158 valence electrons. The molecule has 0 aliphatic heterocycles. The number of ether oxygens (including phenoxy) is 3. The van der Waals surface area contributed by atoms with Gasteiger partial charge in [0.25, 0.3) is 0 Å². The fourth-order valence-corrected chi connectivity index (χ4v) is 2.52. The minimum atomic E-state index is -0.784. The molecular weight excluding hydrogens is 386 g/mol. The predicted molar refractivity (Wildman–Crippen MR) is 112 cm³/mol. The Bertz CT molecular complexity index is 901. The van der Waals surface area contributed by atoms with Crippen LogP contribution >= 0.6 is 0 Å². The van der Waals surface area contributed by atoms with Crippen LogP contribution in [0.15, 0.2) is 60.3 Å². The van der Waals surface area contributed by atoms with E-state index in [9.17, 15) is 14.4 Å². The number of nitrogens with one attached hydrogen (secondary N) is 1. The number of hydrogen-bond acceptors (Lipinski definition) is 7. The van der Waals surface area contributed by atoms with Crippen molar-refractivity contribution in [3.63, 3.8) is 0 Å². The first kappa shape index (κ1) is 22.7. The van der Waals surface area contributed by atoms with Gasteiger partial charge in [0.05, 0.1) is 18.8 Å². The molecule has 0 fully saturated rings. The Morgan fingerprint density at radius 3 is 2.13 bits per heavy atom. The Morgan fingerprint density at radius 2 is 1.53 bits per heavy atom. The van der Waals surface area contributed by atoms with Crippen molar-refractivity contribution in [1.82, 2.24) is 0 Å². The first-order chi connectivity index (χ1) is 14.5. The Hall–Kier alpha value is -3.61. The van der Waals surface area contributed by atoms with Gasteiger partial charge in [-0.05, 0) is 44.5 Å². The molecule has 7 heteroatoms. The lowest BCUT2D eigenvalue weighted by Gasteiger charge is -2.13. The predicted octanol–water partition coefficient (Wildman–Crippen LogP) is 3.77. The molecule has 0 aliphatic rings. The van der Waals surface area contributed by atoms with Crippen LogP contribution in [0.2, 0.25) is 0 Å². The molecule has 0 radical (unpaired) electrons. The number of esters is 3. The second-order valence-electron chi connectivity index (χ2n) is 6.25. The molecule has 0 unspecified atom stereocenters. The molecule has 30 heavy (non-hydrogen) atoms. The van der Waals surface area contributed by atoms with Gasteiger partial charge in [-0.3, -0.25) is 0 Å². The number of aryl methyl sites for hydroxylation is 1. The highest BCUT2D eigenvalue weighted by Crippen LogP contribution is 2.20. The summed E-state index contributed by atoms with van der Waals surface area (Å²) in [4.78, 5) is 36.4. The van der Waals surface area contributed by atoms with Crippen LogP contribution in [0.4, 0.5) is 5.69 Å². The lowest BCUT2D eigenvalue weighted by atomic mass is 10.1. The van der Waals surface area contributed by atoms with Gasteiger partial charge < -0.3 is 19.5 Å². The summed E-state index contributed by atoms with van der Waals surface area (Å²) in [7, 11) is 0. The largest absolute Gasteiger partial charge is 0.462 e. The molecule has 2 aromatic carbocycles. The van der Waals surface area contributed by atoms with E-state index < -0.39 is 17.9 Å². The second-order valence-corrected chi connectivity index (χ2v) is 6.25. The third-order valence-electron chi connectivity index (χ3n) is 4.00. The normalized spacial score (nSPS) is 9.97. The summed E-state index contributed by atoms with van der Waals surface area (Å²) < 4.78 is 15.2. The van der Waals surface area contributed by atoms with E-state index in [0.717, 1.165) is 5.56 Å². The number of carbonyl (C=O) groups excluding carboxylic acids is 3. The fraction of sp³-hybridized carbons (Fsp3) is 0.261. The quantitative estimate of drug-likeness (QED) is 0.221. The molecular formula is C23H25NO6. The molecule has 0 saturated carbocycles. The van der Waals surface area contributed by atoms with Crippen molar-refractivity contribution >= 4 is 23.6 Å². The summed E-state index contributed by atoms with van der Waals surface area (Å²) in [6, 6.07) is 14.2. The van der Waals surface area contributed by atoms with Gasteiger partial charge in [-0.15, -0.1) is 0 Å². The van der Waals surface area contributed by atoms with E-state index in [0.29, 0.717) is 16.8 Å². The topological polar surface area (TPSA) is 90.9 Å². The zero-order chi connectivity index (χ0) is 21.9. The molecule has 2 rings (SSSR count). The number of hydrogen-bond donors (Lipinski definition) is 1. The number of benzene rings is 2. The summed E-state index contributed by atoms with van der Waals surface area (Å²) >= 11 is 0. The summed E-state index contributed by atoms with van der Waals surface area (Å²) in [5.74, 6) is -2.02. The van der Waals surface area contributed by atoms with E-state index >= 15 is 0 Å². The molecule has 0 aromatic heterocycles. The van der Waals surface area contributed by atoms with Gasteiger partial charge in [-0.2, -0.15) is 0 Å². The molecule has 0 amide bonds. The summed E-state index contributed by atoms with van der Waals surface area (Å²) in [6.07, 6.45) is 1.24. The highest BCUT2D eigenvalue weighted by Gasteiger charge is 2.21. The van der Waals surface area contributed by atoms with Crippen LogP contribution in [0.5, 0.6) is 0 Å². The van der Waals surface area contributed by atoms with Crippen LogP contribution in [0.3, 0.4) is 0 Å². The number of carbonyl (C=O) groups is 3. The fourth-order valence-electron chi connectivity index (χ4n) is 2.52. The van der Waals surface area contributed by atoms with Crippen molar-refractivity contribution in [2.45, 2.75) is 27.4 Å². The first-order valence-electron chi connectivity index (χ1n) is 9.58. The smallest absolute Gasteiger partial charge is 0.347 e. The Morgan fingerprint density at radius 1 is 0.900 bits per heavy atom. The van der Waals surface area contributed by atoms with Crippen LogP contribution in [0, 0.1) is 6.92 Å². The van der Waals surface area contributed by atoms with Crippen molar-refractivity contribution in [3.05, 3.63) is 77.0 Å². The van der Waals surface area contributed by atoms with Crippen LogP contribution in [0.25, 0.3) is 0 Å². The Labute approximate surface area is 175 Å². The first-order valence-corrected chi connectivity index (χ1v) is 9.58. The number of rotatable bonds is 9. The van der Waals surface area contributed by atoms with E-state index in [1.165, 1.54) is 6.20 Å². The SMILES string of the molecule is CCOC(=O)C(=CNc1cc(C)ccc1COC(=O)c1ccccc1)C(=O)OCC. The second kappa shape index (κ2) is 11.4. The maximum absolute atomic E-state index is 12.2. The van der Waals surface area contributed by atoms with E-state index in [4.69, 9.17) is 14.2 Å². The van der Waals surface area contributed by atoms with Crippen LogP contribution < -0.4 is 5.32 Å². The van der Waals surface area contributed by atoms with Crippen LogP contribution in [-0.4, -0.2) is 31.1 Å². The highest BCUT2D eigenvalue weighted by atomic mass is 16.6. The lowest BCUT2D eigenvalue weighted by Crippen LogP contribution is -2.19. The van der Waals surface area contributed by atoms with Gasteiger partial charge in [-0.25, -0.2) is 14.4 Å². The summed E-state index contributed by atoms with van der Waals surface area (Å²) in [5.41, 5.74) is 2.39.